The molecule has 0 heterocycles. The molecule has 0 radical (unpaired) electrons. The first kappa shape index (κ1) is 11.4. The summed E-state index contributed by atoms with van der Waals surface area (Å²) in [7, 11) is 0. The van der Waals surface area contributed by atoms with Crippen LogP contribution in [-0.2, 0) is 4.79 Å². The molecule has 0 aromatic carbocycles. The van der Waals surface area contributed by atoms with Crippen molar-refractivity contribution in [1.29, 1.82) is 0 Å². The molecule has 4 N–H and O–H groups in total. The molecule has 1 aliphatic carbocycles. The summed E-state index contributed by atoms with van der Waals surface area (Å²) >= 11 is 0. The Morgan fingerprint density at radius 2 is 2.21 bits per heavy atom. The third-order valence-electron chi connectivity index (χ3n) is 2.14. The molecule has 0 aliphatic heterocycles. The zero-order valence-corrected chi connectivity index (χ0v) is 8.42. The number of nitrogens with one attached hydrogen (secondary N) is 2. The van der Waals surface area contributed by atoms with Gasteiger partial charge in [-0.15, -0.1) is 0 Å². The highest BCUT2D eigenvalue weighted by atomic mass is 16.3. The van der Waals surface area contributed by atoms with Crippen molar-refractivity contribution in [2.45, 2.75) is 31.4 Å². The Hall–Kier alpha value is -0.650. The summed E-state index contributed by atoms with van der Waals surface area (Å²) < 4.78 is 0. The predicted octanol–water partition coefficient (Wildman–Crippen LogP) is -1.40. The Bertz CT molecular complexity index is 202. The molecule has 0 bridgehead atoms. The molecule has 82 valence electrons. The lowest BCUT2D eigenvalue weighted by atomic mass is 10.1. The predicted molar refractivity (Wildman–Crippen MR) is 51.7 cm³/mol. The summed E-state index contributed by atoms with van der Waals surface area (Å²) in [4.78, 5) is 11.2. The van der Waals surface area contributed by atoms with Crippen LogP contribution in [0.5, 0.6) is 0 Å². The van der Waals surface area contributed by atoms with Gasteiger partial charge < -0.3 is 20.8 Å². The van der Waals surface area contributed by atoms with E-state index < -0.39 is 5.60 Å². The molecule has 14 heavy (non-hydrogen) atoms. The molecule has 1 atom stereocenters. The third-order valence-corrected chi connectivity index (χ3v) is 2.14. The Labute approximate surface area is 83.5 Å². The van der Waals surface area contributed by atoms with Crippen LogP contribution in [0.4, 0.5) is 0 Å². The maximum Gasteiger partial charge on any atom is 0.234 e. The number of amides is 1. The molecular weight excluding hydrogens is 184 g/mol. The van der Waals surface area contributed by atoms with Crippen LogP contribution in [0.1, 0.15) is 19.8 Å². The van der Waals surface area contributed by atoms with Gasteiger partial charge in [0.1, 0.15) is 5.60 Å². The highest BCUT2D eigenvalue weighted by Crippen LogP contribution is 2.17. The van der Waals surface area contributed by atoms with E-state index in [4.69, 9.17) is 5.11 Å². The fourth-order valence-electron chi connectivity index (χ4n) is 0.932. The second-order valence-electron chi connectivity index (χ2n) is 4.09. The summed E-state index contributed by atoms with van der Waals surface area (Å²) in [5.41, 5.74) is -1.23. The number of carbonyl (C=O) groups is 1. The summed E-state index contributed by atoms with van der Waals surface area (Å²) in [6.07, 6.45) is 2.28. The van der Waals surface area contributed by atoms with E-state index in [9.17, 15) is 9.90 Å². The second-order valence-corrected chi connectivity index (χ2v) is 4.09. The topological polar surface area (TPSA) is 81.6 Å². The van der Waals surface area contributed by atoms with Gasteiger partial charge in [0.15, 0.2) is 0 Å². The van der Waals surface area contributed by atoms with Crippen LogP contribution < -0.4 is 10.6 Å². The average molecular weight is 202 g/mol. The molecule has 1 amide bonds. The minimum atomic E-state index is -1.23. The van der Waals surface area contributed by atoms with Gasteiger partial charge in [-0.3, -0.25) is 4.79 Å². The Morgan fingerprint density at radius 3 is 2.71 bits per heavy atom. The number of hydrogen-bond donors (Lipinski definition) is 4. The quantitative estimate of drug-likeness (QED) is 0.427. The van der Waals surface area contributed by atoms with Crippen LogP contribution in [0, 0.1) is 0 Å². The minimum absolute atomic E-state index is 0.0781. The summed E-state index contributed by atoms with van der Waals surface area (Å²) in [6.45, 7) is 1.48. The van der Waals surface area contributed by atoms with Crippen molar-refractivity contribution < 1.29 is 15.0 Å². The van der Waals surface area contributed by atoms with Crippen LogP contribution in [0.15, 0.2) is 0 Å². The van der Waals surface area contributed by atoms with Gasteiger partial charge in [-0.25, -0.2) is 0 Å². The lowest BCUT2D eigenvalue weighted by molar-refractivity contribution is -0.121. The Kier molecular flexibility index (Phi) is 3.86. The molecule has 1 saturated carbocycles. The van der Waals surface area contributed by atoms with E-state index in [-0.39, 0.29) is 25.6 Å². The molecule has 0 aromatic rings. The first-order valence-electron chi connectivity index (χ1n) is 4.87. The lowest BCUT2D eigenvalue weighted by Gasteiger charge is -2.20. The molecular formula is C9H18N2O3. The number of hydrogen-bond acceptors (Lipinski definition) is 4. The first-order valence-corrected chi connectivity index (χ1v) is 4.87. The standard InChI is InChI=1S/C9H18N2O3/c1-9(14,6-12)5-11-8(13)4-10-7-2-3-7/h7,10,12,14H,2-6H2,1H3,(H,11,13). The van der Waals surface area contributed by atoms with Gasteiger partial charge in [0.05, 0.1) is 13.2 Å². The fraction of sp³-hybridized carbons (Fsp3) is 0.889. The third kappa shape index (κ3) is 4.55. The van der Waals surface area contributed by atoms with Crippen molar-refractivity contribution >= 4 is 5.91 Å². The van der Waals surface area contributed by atoms with Crippen LogP contribution in [0.3, 0.4) is 0 Å². The zero-order valence-electron chi connectivity index (χ0n) is 8.42. The van der Waals surface area contributed by atoms with E-state index in [1.165, 1.54) is 6.92 Å². The van der Waals surface area contributed by atoms with Crippen LogP contribution >= 0.6 is 0 Å². The van der Waals surface area contributed by atoms with Crippen molar-refractivity contribution in [3.8, 4) is 0 Å². The summed E-state index contributed by atoms with van der Waals surface area (Å²) in [6, 6.07) is 0.499. The summed E-state index contributed by atoms with van der Waals surface area (Å²) in [5, 5.41) is 23.7. The fourth-order valence-corrected chi connectivity index (χ4v) is 0.932. The van der Waals surface area contributed by atoms with E-state index in [0.717, 1.165) is 12.8 Å². The van der Waals surface area contributed by atoms with Crippen molar-refractivity contribution in [3.05, 3.63) is 0 Å². The zero-order chi connectivity index (χ0) is 10.6. The molecule has 5 nitrogen and oxygen atoms in total. The maximum absolute atomic E-state index is 11.2. The molecule has 1 rings (SSSR count). The molecule has 0 aromatic heterocycles. The molecule has 1 fully saturated rings. The second kappa shape index (κ2) is 4.72. The van der Waals surface area contributed by atoms with Gasteiger partial charge in [0, 0.05) is 12.6 Å². The van der Waals surface area contributed by atoms with Gasteiger partial charge >= 0.3 is 0 Å². The van der Waals surface area contributed by atoms with E-state index >= 15 is 0 Å². The van der Waals surface area contributed by atoms with Crippen molar-refractivity contribution in [3.63, 3.8) is 0 Å². The first-order chi connectivity index (χ1) is 6.53. The van der Waals surface area contributed by atoms with Crippen molar-refractivity contribution in [2.75, 3.05) is 19.7 Å². The normalized spacial score (nSPS) is 20.2. The molecule has 0 spiro atoms. The lowest BCUT2D eigenvalue weighted by Crippen LogP contribution is -2.45. The number of aliphatic hydroxyl groups excluding tert-OH is 1. The van der Waals surface area contributed by atoms with Gasteiger partial charge in [-0.2, -0.15) is 0 Å². The Balaban J connectivity index is 2.07. The van der Waals surface area contributed by atoms with Gasteiger partial charge in [0.25, 0.3) is 0 Å². The highest BCUT2D eigenvalue weighted by Gasteiger charge is 2.22. The van der Waals surface area contributed by atoms with Gasteiger partial charge in [0.2, 0.25) is 5.91 Å². The monoisotopic (exact) mass is 202 g/mol. The van der Waals surface area contributed by atoms with Crippen LogP contribution in [-0.4, -0.2) is 47.5 Å². The highest BCUT2D eigenvalue weighted by molar-refractivity contribution is 5.78. The van der Waals surface area contributed by atoms with Crippen LogP contribution in [0.2, 0.25) is 0 Å². The van der Waals surface area contributed by atoms with Crippen molar-refractivity contribution in [1.82, 2.24) is 10.6 Å². The smallest absolute Gasteiger partial charge is 0.234 e. The summed E-state index contributed by atoms with van der Waals surface area (Å²) in [5.74, 6) is -0.148. The number of aliphatic hydroxyl groups is 2. The number of rotatable bonds is 6. The Morgan fingerprint density at radius 1 is 1.57 bits per heavy atom. The molecule has 1 unspecified atom stereocenters. The average Bonchev–Trinajstić information content (AvgIpc) is 2.95. The molecule has 0 saturated heterocycles. The minimum Gasteiger partial charge on any atom is -0.393 e. The number of carbonyl (C=O) groups excluding carboxylic acids is 1. The largest absolute Gasteiger partial charge is 0.393 e. The van der Waals surface area contributed by atoms with E-state index in [0.29, 0.717) is 6.04 Å². The van der Waals surface area contributed by atoms with Gasteiger partial charge in [-0.1, -0.05) is 0 Å². The van der Waals surface area contributed by atoms with Crippen LogP contribution in [0.25, 0.3) is 0 Å². The molecule has 1 aliphatic rings. The maximum atomic E-state index is 11.2. The SMILES string of the molecule is CC(O)(CO)CNC(=O)CNC1CC1. The van der Waals surface area contributed by atoms with Gasteiger partial charge in [-0.05, 0) is 19.8 Å². The van der Waals surface area contributed by atoms with E-state index in [1.807, 2.05) is 0 Å². The van der Waals surface area contributed by atoms with E-state index in [2.05, 4.69) is 10.6 Å². The van der Waals surface area contributed by atoms with E-state index in [1.54, 1.807) is 0 Å². The van der Waals surface area contributed by atoms with Crippen molar-refractivity contribution in [2.24, 2.45) is 0 Å². The molecule has 5 heteroatoms.